The first-order valence-electron chi connectivity index (χ1n) is 8.96. The van der Waals surface area contributed by atoms with Crippen LogP contribution in [0.2, 0.25) is 0 Å². The quantitative estimate of drug-likeness (QED) is 0.859. The maximum atomic E-state index is 3.69. The van der Waals surface area contributed by atoms with E-state index in [4.69, 9.17) is 0 Å². The van der Waals surface area contributed by atoms with Crippen LogP contribution in [0, 0.1) is 6.92 Å². The van der Waals surface area contributed by atoms with Crippen LogP contribution in [0.3, 0.4) is 0 Å². The lowest BCUT2D eigenvalue weighted by atomic mass is 10.0. The van der Waals surface area contributed by atoms with E-state index in [0.29, 0.717) is 6.04 Å². The minimum atomic E-state index is 0.603. The van der Waals surface area contributed by atoms with Gasteiger partial charge in [0.05, 0.1) is 0 Å². The topological polar surface area (TPSA) is 27.3 Å². The number of hydrogen-bond acceptors (Lipinski definition) is 3. The van der Waals surface area contributed by atoms with Gasteiger partial charge >= 0.3 is 0 Å². The Labute approximate surface area is 140 Å². The van der Waals surface area contributed by atoms with E-state index in [2.05, 4.69) is 65.8 Å². The molecule has 0 atom stereocenters. The van der Waals surface area contributed by atoms with Crippen molar-refractivity contribution in [3.8, 4) is 0 Å². The van der Waals surface area contributed by atoms with Crippen molar-refractivity contribution >= 4 is 5.69 Å². The van der Waals surface area contributed by atoms with Crippen LogP contribution < -0.4 is 10.6 Å². The molecule has 3 heteroatoms. The smallest absolute Gasteiger partial charge is 0.0342 e. The number of anilines is 1. The third kappa shape index (κ3) is 4.31. The summed E-state index contributed by atoms with van der Waals surface area (Å²) >= 11 is 0. The van der Waals surface area contributed by atoms with Crippen molar-refractivity contribution in [3.05, 3.63) is 53.4 Å². The molecule has 2 aliphatic rings. The molecule has 0 unspecified atom stereocenters. The van der Waals surface area contributed by atoms with Crippen LogP contribution in [0.25, 0.3) is 0 Å². The van der Waals surface area contributed by atoms with E-state index >= 15 is 0 Å². The number of nitrogens with zero attached hydrogens (tertiary/aromatic N) is 1. The van der Waals surface area contributed by atoms with Gasteiger partial charge in [0.15, 0.2) is 0 Å². The Balaban J connectivity index is 1.50. The summed E-state index contributed by atoms with van der Waals surface area (Å²) in [4.78, 5) is 2.58. The number of allylic oxidation sites excluding steroid dienone is 4. The highest BCUT2D eigenvalue weighted by molar-refractivity contribution is 5.45. The van der Waals surface area contributed by atoms with Gasteiger partial charge in [-0.15, -0.1) is 0 Å². The van der Waals surface area contributed by atoms with E-state index in [1.807, 2.05) is 0 Å². The average Bonchev–Trinajstić information content (AvgIpc) is 2.59. The lowest BCUT2D eigenvalue weighted by molar-refractivity contribution is 0.263. The van der Waals surface area contributed by atoms with Crippen molar-refractivity contribution in [2.45, 2.75) is 45.6 Å². The van der Waals surface area contributed by atoms with Crippen molar-refractivity contribution in [1.82, 2.24) is 10.2 Å². The fourth-order valence-corrected chi connectivity index (χ4v) is 3.46. The predicted octanol–water partition coefficient (Wildman–Crippen LogP) is 4.04. The van der Waals surface area contributed by atoms with Crippen LogP contribution in [0.1, 0.15) is 38.2 Å². The van der Waals surface area contributed by atoms with Crippen molar-refractivity contribution < 1.29 is 0 Å². The van der Waals surface area contributed by atoms with Crippen LogP contribution >= 0.6 is 0 Å². The first kappa shape index (κ1) is 16.0. The standard InChI is InChI=1S/C20H29N3/c1-3-21-17-8-10-20(11-9-17)23-14-12-19(13-15-23)22-18-6-4-16(2)5-7-18/h4-8,10,19,21-22H,3,9,11-15H2,1-2H3. The van der Waals surface area contributed by atoms with E-state index in [0.717, 1.165) is 13.0 Å². The van der Waals surface area contributed by atoms with Gasteiger partial charge in [-0.25, -0.2) is 0 Å². The second kappa shape index (κ2) is 7.58. The van der Waals surface area contributed by atoms with Crippen LogP contribution in [0.4, 0.5) is 5.69 Å². The molecule has 23 heavy (non-hydrogen) atoms. The van der Waals surface area contributed by atoms with Crippen LogP contribution in [0.5, 0.6) is 0 Å². The molecule has 3 rings (SSSR count). The Hall–Kier alpha value is -1.90. The van der Waals surface area contributed by atoms with Gasteiger partial charge in [-0.2, -0.15) is 0 Å². The molecule has 1 heterocycles. The summed E-state index contributed by atoms with van der Waals surface area (Å²) in [5.41, 5.74) is 5.47. The number of piperidine rings is 1. The minimum Gasteiger partial charge on any atom is -0.389 e. The van der Waals surface area contributed by atoms with Gasteiger partial charge in [-0.05, 0) is 63.8 Å². The van der Waals surface area contributed by atoms with E-state index in [1.54, 1.807) is 0 Å². The van der Waals surface area contributed by atoms with Gasteiger partial charge in [0.2, 0.25) is 0 Å². The fourth-order valence-electron chi connectivity index (χ4n) is 3.46. The molecule has 0 radical (unpaired) electrons. The highest BCUT2D eigenvalue weighted by atomic mass is 15.2. The van der Waals surface area contributed by atoms with Crippen LogP contribution in [-0.4, -0.2) is 30.6 Å². The Morgan fingerprint density at radius 2 is 1.78 bits per heavy atom. The summed E-state index contributed by atoms with van der Waals surface area (Å²) in [6.45, 7) is 7.65. The number of aryl methyl sites for hydroxylation is 1. The highest BCUT2D eigenvalue weighted by Gasteiger charge is 2.21. The van der Waals surface area contributed by atoms with Gasteiger partial charge in [0.1, 0.15) is 0 Å². The molecule has 0 amide bonds. The molecule has 0 aromatic heterocycles. The molecule has 2 N–H and O–H groups in total. The molecule has 1 saturated heterocycles. The zero-order valence-electron chi connectivity index (χ0n) is 14.4. The van der Waals surface area contributed by atoms with Crippen molar-refractivity contribution in [2.24, 2.45) is 0 Å². The van der Waals surface area contributed by atoms with Crippen molar-refractivity contribution in [1.29, 1.82) is 0 Å². The normalized spacial score (nSPS) is 19.1. The molecular weight excluding hydrogens is 282 g/mol. The monoisotopic (exact) mass is 311 g/mol. The summed E-state index contributed by atoms with van der Waals surface area (Å²) in [5, 5.41) is 7.12. The predicted molar refractivity (Wildman–Crippen MR) is 98.5 cm³/mol. The number of likely N-dealkylation sites (tertiary alicyclic amines) is 1. The molecular formula is C20H29N3. The third-order valence-corrected chi connectivity index (χ3v) is 4.85. The Kier molecular flexibility index (Phi) is 5.27. The second-order valence-electron chi connectivity index (χ2n) is 6.65. The van der Waals surface area contributed by atoms with Crippen molar-refractivity contribution in [2.75, 3.05) is 25.0 Å². The molecule has 3 nitrogen and oxygen atoms in total. The number of rotatable bonds is 5. The summed E-state index contributed by atoms with van der Waals surface area (Å²) in [7, 11) is 0. The van der Waals surface area contributed by atoms with Gasteiger partial charge in [-0.1, -0.05) is 17.7 Å². The first-order chi connectivity index (χ1) is 11.2. The molecule has 1 aromatic carbocycles. The van der Waals surface area contributed by atoms with Gasteiger partial charge in [-0.3, -0.25) is 0 Å². The van der Waals surface area contributed by atoms with E-state index in [9.17, 15) is 0 Å². The molecule has 124 valence electrons. The lowest BCUT2D eigenvalue weighted by Crippen LogP contribution is -2.39. The zero-order valence-corrected chi connectivity index (χ0v) is 14.4. The maximum absolute atomic E-state index is 3.69. The van der Waals surface area contributed by atoms with Gasteiger partial charge in [0.25, 0.3) is 0 Å². The summed E-state index contributed by atoms with van der Waals surface area (Å²) in [6.07, 6.45) is 9.34. The fraction of sp³-hybridized carbons (Fsp3) is 0.500. The zero-order chi connectivity index (χ0) is 16.1. The molecule has 1 fully saturated rings. The summed E-state index contributed by atoms with van der Waals surface area (Å²) < 4.78 is 0. The lowest BCUT2D eigenvalue weighted by Gasteiger charge is -2.36. The second-order valence-corrected chi connectivity index (χ2v) is 6.65. The highest BCUT2D eigenvalue weighted by Crippen LogP contribution is 2.25. The number of benzene rings is 1. The Morgan fingerprint density at radius 3 is 2.39 bits per heavy atom. The molecule has 0 saturated carbocycles. The molecule has 1 aliphatic heterocycles. The van der Waals surface area contributed by atoms with Gasteiger partial charge in [0, 0.05) is 42.8 Å². The number of hydrogen-bond donors (Lipinski definition) is 2. The van der Waals surface area contributed by atoms with Crippen LogP contribution in [-0.2, 0) is 0 Å². The number of nitrogens with one attached hydrogen (secondary N) is 2. The Bertz CT molecular complexity index is 563. The molecule has 1 aromatic rings. The Morgan fingerprint density at radius 1 is 1.04 bits per heavy atom. The van der Waals surface area contributed by atoms with E-state index < -0.39 is 0 Å². The van der Waals surface area contributed by atoms with E-state index in [-0.39, 0.29) is 0 Å². The SMILES string of the molecule is CCNC1=CC=C(N2CCC(Nc3ccc(C)cc3)CC2)CC1. The van der Waals surface area contributed by atoms with Gasteiger partial charge < -0.3 is 15.5 Å². The molecule has 1 aliphatic carbocycles. The van der Waals surface area contributed by atoms with E-state index in [1.165, 1.54) is 55.0 Å². The first-order valence-corrected chi connectivity index (χ1v) is 8.96. The van der Waals surface area contributed by atoms with Crippen molar-refractivity contribution in [3.63, 3.8) is 0 Å². The largest absolute Gasteiger partial charge is 0.389 e. The summed E-state index contributed by atoms with van der Waals surface area (Å²) in [6, 6.07) is 9.35. The molecule has 0 bridgehead atoms. The van der Waals surface area contributed by atoms with Crippen LogP contribution in [0.15, 0.2) is 47.8 Å². The minimum absolute atomic E-state index is 0.603. The summed E-state index contributed by atoms with van der Waals surface area (Å²) in [5.74, 6) is 0. The molecule has 0 spiro atoms. The maximum Gasteiger partial charge on any atom is 0.0342 e. The average molecular weight is 311 g/mol. The third-order valence-electron chi connectivity index (χ3n) is 4.85.